The van der Waals surface area contributed by atoms with Crippen LogP contribution >= 0.6 is 0 Å². The first-order valence-corrected chi connectivity index (χ1v) is 6.75. The van der Waals surface area contributed by atoms with Crippen LogP contribution in [0, 0.1) is 5.92 Å². The van der Waals surface area contributed by atoms with E-state index in [2.05, 4.69) is 35.8 Å². The molecule has 18 heavy (non-hydrogen) atoms. The molecule has 1 aromatic heterocycles. The number of nitrogens with zero attached hydrogens (tertiary/aromatic N) is 1. The zero-order valence-electron chi connectivity index (χ0n) is 11.1. The average Bonchev–Trinajstić information content (AvgIpc) is 2.64. The topological polar surface area (TPSA) is 22.0 Å². The highest BCUT2D eigenvalue weighted by Crippen LogP contribution is 2.32. The van der Waals surface area contributed by atoms with Crippen molar-refractivity contribution < 1.29 is 4.79 Å². The quantitative estimate of drug-likeness (QED) is 0.790. The first-order valence-electron chi connectivity index (χ1n) is 6.75. The molecule has 0 N–H and O–H groups in total. The molecule has 2 heterocycles. The van der Waals surface area contributed by atoms with Crippen LogP contribution in [0.5, 0.6) is 0 Å². The van der Waals surface area contributed by atoms with E-state index < -0.39 is 0 Å². The van der Waals surface area contributed by atoms with Crippen molar-refractivity contribution in [3.05, 3.63) is 35.5 Å². The number of para-hydroxylation sites is 1. The molecule has 1 aromatic carbocycles. The molecule has 0 saturated heterocycles. The number of hydrogen-bond acceptors (Lipinski definition) is 1. The third kappa shape index (κ3) is 1.76. The number of carbonyl (C=O) groups excluding carboxylic acids is 1. The number of Topliss-reactive ketones (excluding diaryl/α,β-unsaturated/α-hetero) is 1. The number of ketones is 1. The zero-order chi connectivity index (χ0) is 12.7. The van der Waals surface area contributed by atoms with Gasteiger partial charge in [0, 0.05) is 29.6 Å². The van der Waals surface area contributed by atoms with Crippen LogP contribution in [0.1, 0.15) is 31.5 Å². The van der Waals surface area contributed by atoms with Gasteiger partial charge >= 0.3 is 0 Å². The Morgan fingerprint density at radius 3 is 2.94 bits per heavy atom. The Morgan fingerprint density at radius 2 is 2.17 bits per heavy atom. The average molecular weight is 241 g/mol. The van der Waals surface area contributed by atoms with Gasteiger partial charge in [0.1, 0.15) is 5.78 Å². The number of hydrogen-bond donors (Lipinski definition) is 0. The summed E-state index contributed by atoms with van der Waals surface area (Å²) in [4.78, 5) is 11.5. The molecule has 94 valence electrons. The summed E-state index contributed by atoms with van der Waals surface area (Å²) in [7, 11) is 0. The molecule has 0 bridgehead atoms. The Bertz CT molecular complexity index is 609. The first-order chi connectivity index (χ1) is 8.66. The largest absolute Gasteiger partial charge is 0.344 e. The van der Waals surface area contributed by atoms with Crippen LogP contribution in [-0.4, -0.2) is 10.4 Å². The first kappa shape index (κ1) is 11.5. The predicted molar refractivity (Wildman–Crippen MR) is 73.8 cm³/mol. The molecule has 3 rings (SSSR count). The van der Waals surface area contributed by atoms with Crippen LogP contribution in [0.4, 0.5) is 0 Å². The van der Waals surface area contributed by atoms with Crippen LogP contribution in [-0.2, 0) is 24.2 Å². The van der Waals surface area contributed by atoms with E-state index in [1.54, 1.807) is 6.92 Å². The Kier molecular flexibility index (Phi) is 2.73. The van der Waals surface area contributed by atoms with Gasteiger partial charge in [0.15, 0.2) is 0 Å². The number of aromatic nitrogens is 1. The summed E-state index contributed by atoms with van der Waals surface area (Å²) in [5.41, 5.74) is 3.96. The summed E-state index contributed by atoms with van der Waals surface area (Å²) in [5, 5.41) is 1.27. The van der Waals surface area contributed by atoms with E-state index in [1.165, 1.54) is 28.6 Å². The zero-order valence-corrected chi connectivity index (χ0v) is 11.1. The monoisotopic (exact) mass is 241 g/mol. The van der Waals surface area contributed by atoms with Crippen LogP contribution < -0.4 is 0 Å². The molecule has 2 heteroatoms. The van der Waals surface area contributed by atoms with Crippen LogP contribution in [0.15, 0.2) is 24.3 Å². The van der Waals surface area contributed by atoms with E-state index in [4.69, 9.17) is 0 Å². The summed E-state index contributed by atoms with van der Waals surface area (Å²) in [6.07, 6.45) is 2.93. The van der Waals surface area contributed by atoms with E-state index in [9.17, 15) is 4.79 Å². The predicted octanol–water partition coefficient (Wildman–Crippen LogP) is 3.36. The maximum atomic E-state index is 11.5. The van der Waals surface area contributed by atoms with Gasteiger partial charge in [-0.2, -0.15) is 0 Å². The highest BCUT2D eigenvalue weighted by molar-refractivity contribution is 5.90. The molecule has 2 aromatic rings. The maximum absolute atomic E-state index is 11.5. The van der Waals surface area contributed by atoms with Crippen molar-refractivity contribution in [1.29, 1.82) is 0 Å². The van der Waals surface area contributed by atoms with Gasteiger partial charge in [0.25, 0.3) is 0 Å². The molecule has 0 saturated carbocycles. The fourth-order valence-corrected chi connectivity index (χ4v) is 3.15. The lowest BCUT2D eigenvalue weighted by Crippen LogP contribution is -2.18. The molecular formula is C16H19NO. The lowest BCUT2D eigenvalue weighted by Gasteiger charge is -2.23. The van der Waals surface area contributed by atoms with Gasteiger partial charge in [-0.1, -0.05) is 25.1 Å². The number of benzene rings is 1. The van der Waals surface area contributed by atoms with Crippen molar-refractivity contribution in [2.75, 3.05) is 0 Å². The normalized spacial score (nSPS) is 18.9. The summed E-state index contributed by atoms with van der Waals surface area (Å²) in [6, 6.07) is 8.50. The maximum Gasteiger partial charge on any atom is 0.134 e. The summed E-state index contributed by atoms with van der Waals surface area (Å²) in [5.74, 6) is 0.992. The van der Waals surface area contributed by atoms with E-state index in [0.29, 0.717) is 6.42 Å². The molecule has 0 spiro atoms. The van der Waals surface area contributed by atoms with Gasteiger partial charge in [-0.15, -0.1) is 0 Å². The minimum absolute atomic E-state index is 0.257. The summed E-state index contributed by atoms with van der Waals surface area (Å²) >= 11 is 0. The van der Waals surface area contributed by atoms with Crippen molar-refractivity contribution in [1.82, 2.24) is 4.57 Å². The van der Waals surface area contributed by atoms with Crippen molar-refractivity contribution in [3.8, 4) is 0 Å². The molecule has 2 nitrogen and oxygen atoms in total. The molecular weight excluding hydrogens is 222 g/mol. The number of carbonyl (C=O) groups is 1. The molecule has 0 amide bonds. The van der Waals surface area contributed by atoms with Gasteiger partial charge in [0.05, 0.1) is 0 Å². The Labute approximate surface area is 108 Å². The van der Waals surface area contributed by atoms with Gasteiger partial charge in [-0.3, -0.25) is 4.79 Å². The van der Waals surface area contributed by atoms with Crippen molar-refractivity contribution >= 4 is 16.7 Å². The minimum atomic E-state index is 0.257. The van der Waals surface area contributed by atoms with Gasteiger partial charge in [-0.05, 0) is 37.3 Å². The highest BCUT2D eigenvalue weighted by Gasteiger charge is 2.22. The highest BCUT2D eigenvalue weighted by atomic mass is 16.1. The van der Waals surface area contributed by atoms with Crippen LogP contribution in [0.2, 0.25) is 0 Å². The Balaban J connectivity index is 2.24. The Hall–Kier alpha value is -1.57. The minimum Gasteiger partial charge on any atom is -0.344 e. The third-order valence-corrected chi connectivity index (χ3v) is 3.99. The number of fused-ring (bicyclic) bond motifs is 3. The van der Waals surface area contributed by atoms with Gasteiger partial charge < -0.3 is 4.57 Å². The van der Waals surface area contributed by atoms with Gasteiger partial charge in [0.2, 0.25) is 0 Å². The Morgan fingerprint density at radius 1 is 1.39 bits per heavy atom. The molecule has 0 aliphatic carbocycles. The van der Waals surface area contributed by atoms with E-state index in [1.807, 2.05) is 0 Å². The standard InChI is InChI=1S/C16H19NO/c1-11-7-8-16-14(9-12(2)18)13-5-3-4-6-15(13)17(16)10-11/h3-6,11H,7-10H2,1-2H3. The van der Waals surface area contributed by atoms with Gasteiger partial charge in [-0.25, -0.2) is 0 Å². The second-order valence-corrected chi connectivity index (χ2v) is 5.58. The van der Waals surface area contributed by atoms with E-state index in [-0.39, 0.29) is 5.78 Å². The smallest absolute Gasteiger partial charge is 0.134 e. The summed E-state index contributed by atoms with van der Waals surface area (Å²) in [6.45, 7) is 5.08. The van der Waals surface area contributed by atoms with E-state index in [0.717, 1.165) is 18.9 Å². The lowest BCUT2D eigenvalue weighted by molar-refractivity contribution is -0.116. The molecule has 0 fully saturated rings. The molecule has 1 aliphatic heterocycles. The molecule has 1 atom stereocenters. The molecule has 1 unspecified atom stereocenters. The van der Waals surface area contributed by atoms with Crippen LogP contribution in [0.3, 0.4) is 0 Å². The fourth-order valence-electron chi connectivity index (χ4n) is 3.15. The van der Waals surface area contributed by atoms with Crippen molar-refractivity contribution in [3.63, 3.8) is 0 Å². The number of rotatable bonds is 2. The van der Waals surface area contributed by atoms with Crippen molar-refractivity contribution in [2.24, 2.45) is 5.92 Å². The SMILES string of the molecule is CC(=O)Cc1c2n(c3ccccc13)CC(C)CC2. The third-order valence-electron chi connectivity index (χ3n) is 3.99. The lowest BCUT2D eigenvalue weighted by atomic mass is 9.96. The second kappa shape index (κ2) is 4.27. The summed E-state index contributed by atoms with van der Waals surface area (Å²) < 4.78 is 2.43. The van der Waals surface area contributed by atoms with Crippen molar-refractivity contribution in [2.45, 2.75) is 39.7 Å². The second-order valence-electron chi connectivity index (χ2n) is 5.58. The molecule has 0 radical (unpaired) electrons. The van der Waals surface area contributed by atoms with E-state index >= 15 is 0 Å². The molecule has 1 aliphatic rings. The van der Waals surface area contributed by atoms with Crippen LogP contribution in [0.25, 0.3) is 10.9 Å². The fraction of sp³-hybridized carbons (Fsp3) is 0.438.